The highest BCUT2D eigenvalue weighted by molar-refractivity contribution is 5.09. The topological polar surface area (TPSA) is 53.1 Å². The Morgan fingerprint density at radius 1 is 1.53 bits per heavy atom. The largest absolute Gasteiger partial charge is 0.381 e. The van der Waals surface area contributed by atoms with Crippen molar-refractivity contribution in [3.8, 4) is 0 Å². The van der Waals surface area contributed by atoms with E-state index in [0.29, 0.717) is 11.3 Å². The molecule has 4 heteroatoms. The summed E-state index contributed by atoms with van der Waals surface area (Å²) in [6, 6.07) is 0.0629. The molecular formula is C15H25N3O. The first kappa shape index (κ1) is 13.1. The Hall–Kier alpha value is -0.870. The first-order valence-electron chi connectivity index (χ1n) is 7.46. The van der Waals surface area contributed by atoms with Crippen molar-refractivity contribution in [1.29, 1.82) is 0 Å². The lowest BCUT2D eigenvalue weighted by Gasteiger charge is -2.24. The first-order valence-corrected chi connectivity index (χ1v) is 7.46. The molecule has 0 spiro atoms. The van der Waals surface area contributed by atoms with Crippen molar-refractivity contribution in [2.75, 3.05) is 13.2 Å². The molecule has 2 atom stereocenters. The van der Waals surface area contributed by atoms with E-state index in [-0.39, 0.29) is 6.04 Å². The number of imidazole rings is 1. The van der Waals surface area contributed by atoms with Gasteiger partial charge >= 0.3 is 0 Å². The average Bonchev–Trinajstić information content (AvgIpc) is 2.82. The van der Waals surface area contributed by atoms with Crippen LogP contribution in [0.25, 0.3) is 0 Å². The lowest BCUT2D eigenvalue weighted by molar-refractivity contribution is 0.179. The Labute approximate surface area is 115 Å². The molecule has 1 aliphatic carbocycles. The SMILES string of the molecule is CC(C)C1(Cn2cncc2C(N)C2CCOC2)CC1. The van der Waals surface area contributed by atoms with Gasteiger partial charge in [0.2, 0.25) is 0 Å². The molecule has 0 bridgehead atoms. The van der Waals surface area contributed by atoms with Gasteiger partial charge in [-0.15, -0.1) is 0 Å². The molecule has 19 heavy (non-hydrogen) atoms. The van der Waals surface area contributed by atoms with E-state index in [1.807, 2.05) is 12.5 Å². The maximum Gasteiger partial charge on any atom is 0.0948 e. The molecule has 2 N–H and O–H groups in total. The highest BCUT2D eigenvalue weighted by Gasteiger charge is 2.45. The summed E-state index contributed by atoms with van der Waals surface area (Å²) in [5, 5.41) is 0. The van der Waals surface area contributed by atoms with Crippen LogP contribution in [0.1, 0.15) is 44.8 Å². The normalized spacial score (nSPS) is 26.8. The summed E-state index contributed by atoms with van der Waals surface area (Å²) in [5.41, 5.74) is 8.09. The van der Waals surface area contributed by atoms with Crippen molar-refractivity contribution < 1.29 is 4.74 Å². The monoisotopic (exact) mass is 263 g/mol. The summed E-state index contributed by atoms with van der Waals surface area (Å²) < 4.78 is 7.75. The smallest absolute Gasteiger partial charge is 0.0948 e. The van der Waals surface area contributed by atoms with Gasteiger partial charge in [0, 0.05) is 25.3 Å². The Balaban J connectivity index is 1.75. The zero-order chi connectivity index (χ0) is 13.5. The van der Waals surface area contributed by atoms with Gasteiger partial charge in [0.05, 0.1) is 24.7 Å². The molecule has 0 radical (unpaired) electrons. The van der Waals surface area contributed by atoms with Gasteiger partial charge in [0.15, 0.2) is 0 Å². The molecule has 0 aromatic carbocycles. The molecule has 2 aliphatic rings. The molecule has 2 heterocycles. The zero-order valence-electron chi connectivity index (χ0n) is 12.0. The van der Waals surface area contributed by atoms with Gasteiger partial charge in [-0.25, -0.2) is 4.98 Å². The predicted octanol–water partition coefficient (Wildman–Crippen LogP) is 2.36. The Bertz CT molecular complexity index is 430. The number of ether oxygens (including phenoxy) is 1. The van der Waals surface area contributed by atoms with Gasteiger partial charge < -0.3 is 15.0 Å². The van der Waals surface area contributed by atoms with Crippen molar-refractivity contribution in [2.45, 2.75) is 45.7 Å². The fraction of sp³-hybridized carbons (Fsp3) is 0.800. The second-order valence-corrected chi connectivity index (χ2v) is 6.61. The summed E-state index contributed by atoms with van der Waals surface area (Å²) in [5.74, 6) is 1.18. The van der Waals surface area contributed by atoms with Gasteiger partial charge in [-0.2, -0.15) is 0 Å². The number of hydrogen-bond donors (Lipinski definition) is 1. The van der Waals surface area contributed by atoms with Crippen molar-refractivity contribution in [1.82, 2.24) is 9.55 Å². The molecule has 106 valence electrons. The van der Waals surface area contributed by atoms with Crippen molar-refractivity contribution in [3.63, 3.8) is 0 Å². The highest BCUT2D eigenvalue weighted by atomic mass is 16.5. The third-order valence-corrected chi connectivity index (χ3v) is 5.16. The molecule has 4 nitrogen and oxygen atoms in total. The van der Waals surface area contributed by atoms with Gasteiger partial charge in [-0.3, -0.25) is 0 Å². The highest BCUT2D eigenvalue weighted by Crippen LogP contribution is 2.53. The van der Waals surface area contributed by atoms with Crippen LogP contribution in [0.4, 0.5) is 0 Å². The molecule has 2 unspecified atom stereocenters. The minimum Gasteiger partial charge on any atom is -0.381 e. The summed E-state index contributed by atoms with van der Waals surface area (Å²) in [6.45, 7) is 7.37. The standard InChI is InChI=1S/C15H25N3O/c1-11(2)15(4-5-15)9-18-10-17-7-13(18)14(16)12-3-6-19-8-12/h7,10-12,14H,3-6,8-9,16H2,1-2H3. The molecule has 1 saturated carbocycles. The minimum atomic E-state index is 0.0629. The van der Waals surface area contributed by atoms with E-state index in [2.05, 4.69) is 23.4 Å². The van der Waals surface area contributed by atoms with Crippen molar-refractivity contribution in [3.05, 3.63) is 18.2 Å². The maximum absolute atomic E-state index is 6.42. The molecule has 3 rings (SSSR count). The number of rotatable bonds is 5. The second kappa shape index (κ2) is 4.91. The summed E-state index contributed by atoms with van der Waals surface area (Å²) in [7, 11) is 0. The summed E-state index contributed by atoms with van der Waals surface area (Å²) in [6.07, 6.45) is 7.64. The van der Waals surface area contributed by atoms with Crippen LogP contribution in [0.15, 0.2) is 12.5 Å². The zero-order valence-corrected chi connectivity index (χ0v) is 12.0. The van der Waals surface area contributed by atoms with E-state index in [1.165, 1.54) is 18.5 Å². The van der Waals surface area contributed by atoms with Crippen LogP contribution in [0.3, 0.4) is 0 Å². The van der Waals surface area contributed by atoms with Gasteiger partial charge in [-0.1, -0.05) is 13.8 Å². The predicted molar refractivity (Wildman–Crippen MR) is 74.6 cm³/mol. The van der Waals surface area contributed by atoms with Gasteiger partial charge in [-0.05, 0) is 30.6 Å². The van der Waals surface area contributed by atoms with E-state index in [1.54, 1.807) is 0 Å². The van der Waals surface area contributed by atoms with Crippen LogP contribution in [-0.4, -0.2) is 22.8 Å². The van der Waals surface area contributed by atoms with E-state index in [0.717, 1.165) is 32.1 Å². The molecule has 1 aromatic rings. The Morgan fingerprint density at radius 2 is 2.32 bits per heavy atom. The average molecular weight is 263 g/mol. The minimum absolute atomic E-state index is 0.0629. The first-order chi connectivity index (χ1) is 9.12. The summed E-state index contributed by atoms with van der Waals surface area (Å²) >= 11 is 0. The molecule has 1 aliphatic heterocycles. The van der Waals surface area contributed by atoms with E-state index < -0.39 is 0 Å². The van der Waals surface area contributed by atoms with Crippen LogP contribution >= 0.6 is 0 Å². The van der Waals surface area contributed by atoms with Crippen LogP contribution in [0.2, 0.25) is 0 Å². The number of aromatic nitrogens is 2. The van der Waals surface area contributed by atoms with Crippen LogP contribution in [0, 0.1) is 17.3 Å². The van der Waals surface area contributed by atoms with E-state index in [4.69, 9.17) is 10.5 Å². The quantitative estimate of drug-likeness (QED) is 0.887. The maximum atomic E-state index is 6.42. The van der Waals surface area contributed by atoms with Gasteiger partial charge in [0.1, 0.15) is 0 Å². The van der Waals surface area contributed by atoms with E-state index in [9.17, 15) is 0 Å². The number of nitrogens with two attached hydrogens (primary N) is 1. The second-order valence-electron chi connectivity index (χ2n) is 6.61. The third-order valence-electron chi connectivity index (χ3n) is 5.16. The van der Waals surface area contributed by atoms with Crippen molar-refractivity contribution >= 4 is 0 Å². The third kappa shape index (κ3) is 2.43. The fourth-order valence-corrected chi connectivity index (χ4v) is 3.24. The Morgan fingerprint density at radius 3 is 2.89 bits per heavy atom. The Kier molecular flexibility index (Phi) is 3.39. The fourth-order valence-electron chi connectivity index (χ4n) is 3.24. The molecule has 1 aromatic heterocycles. The molecule has 1 saturated heterocycles. The lowest BCUT2D eigenvalue weighted by atomic mass is 9.91. The molecular weight excluding hydrogens is 238 g/mol. The molecule has 2 fully saturated rings. The summed E-state index contributed by atoms with van der Waals surface area (Å²) in [4.78, 5) is 4.33. The molecule has 0 amide bonds. The number of hydrogen-bond acceptors (Lipinski definition) is 3. The van der Waals surface area contributed by atoms with Crippen LogP contribution in [0.5, 0.6) is 0 Å². The van der Waals surface area contributed by atoms with E-state index >= 15 is 0 Å². The lowest BCUT2D eigenvalue weighted by Crippen LogP contribution is -2.26. The van der Waals surface area contributed by atoms with Crippen molar-refractivity contribution in [2.24, 2.45) is 23.0 Å². The number of nitrogens with zero attached hydrogens (tertiary/aromatic N) is 2. The van der Waals surface area contributed by atoms with Gasteiger partial charge in [0.25, 0.3) is 0 Å². The van der Waals surface area contributed by atoms with Crippen LogP contribution in [-0.2, 0) is 11.3 Å². The van der Waals surface area contributed by atoms with Crippen LogP contribution < -0.4 is 5.73 Å².